The molecule has 0 aliphatic carbocycles. The largest absolute Gasteiger partial charge is 0.358 e. The van der Waals surface area contributed by atoms with Gasteiger partial charge in [-0.05, 0) is 24.6 Å². The van der Waals surface area contributed by atoms with Gasteiger partial charge in [0.1, 0.15) is 5.57 Å². The Morgan fingerprint density at radius 2 is 1.61 bits per heavy atom. The van der Waals surface area contributed by atoms with Gasteiger partial charge in [0.25, 0.3) is 5.91 Å². The van der Waals surface area contributed by atoms with E-state index in [-0.39, 0.29) is 17.3 Å². The normalized spacial score (nSPS) is 19.4. The van der Waals surface area contributed by atoms with Gasteiger partial charge in [-0.1, -0.05) is 48.5 Å². The van der Waals surface area contributed by atoms with E-state index >= 15 is 0 Å². The summed E-state index contributed by atoms with van der Waals surface area (Å²) in [7, 11) is 0. The molecule has 0 aromatic heterocycles. The molecule has 1 unspecified atom stereocenters. The lowest BCUT2D eigenvalue weighted by atomic mass is 10.0. The Labute approximate surface area is 135 Å². The Kier molecular flexibility index (Phi) is 4.24. The van der Waals surface area contributed by atoms with Gasteiger partial charge < -0.3 is 10.6 Å². The minimum absolute atomic E-state index is 0.153. The van der Waals surface area contributed by atoms with Gasteiger partial charge in [0.2, 0.25) is 0 Å². The molecule has 2 N–H and O–H groups in total. The summed E-state index contributed by atoms with van der Waals surface area (Å²) in [5, 5.41) is 5.91. The van der Waals surface area contributed by atoms with E-state index in [1.165, 1.54) is 0 Å². The Morgan fingerprint density at radius 1 is 1.00 bits per heavy atom. The highest BCUT2D eigenvalue weighted by molar-refractivity contribution is 6.27. The first-order valence-corrected chi connectivity index (χ1v) is 7.57. The molecule has 1 saturated heterocycles. The summed E-state index contributed by atoms with van der Waals surface area (Å²) in [5.41, 5.74) is 2.68. The second-order valence-corrected chi connectivity index (χ2v) is 5.57. The van der Waals surface area contributed by atoms with Gasteiger partial charge in [0.15, 0.2) is 5.78 Å². The van der Waals surface area contributed by atoms with Crippen molar-refractivity contribution in [3.05, 3.63) is 77.5 Å². The van der Waals surface area contributed by atoms with Crippen molar-refractivity contribution >= 4 is 17.4 Å². The third-order valence-electron chi connectivity index (χ3n) is 3.86. The third kappa shape index (κ3) is 3.31. The summed E-state index contributed by atoms with van der Waals surface area (Å²) in [6, 6.07) is 18.7. The molecule has 23 heavy (non-hydrogen) atoms. The molecule has 1 heterocycles. The maximum absolute atomic E-state index is 12.6. The number of hydrogen-bond donors (Lipinski definition) is 2. The number of ketones is 1. The smallest absolute Gasteiger partial charge is 0.257 e. The van der Waals surface area contributed by atoms with Crippen molar-refractivity contribution in [1.29, 1.82) is 0 Å². The second kappa shape index (κ2) is 6.48. The third-order valence-corrected chi connectivity index (χ3v) is 3.86. The lowest BCUT2D eigenvalue weighted by molar-refractivity contribution is -0.117. The highest BCUT2D eigenvalue weighted by Gasteiger charge is 2.37. The van der Waals surface area contributed by atoms with E-state index in [2.05, 4.69) is 10.6 Å². The number of hydrogen-bond acceptors (Lipinski definition) is 3. The number of nitrogens with one attached hydrogen (secondary N) is 2. The fourth-order valence-electron chi connectivity index (χ4n) is 2.73. The summed E-state index contributed by atoms with van der Waals surface area (Å²) < 4.78 is 0. The zero-order valence-electron chi connectivity index (χ0n) is 12.9. The SMILES string of the molecule is CC(Nc1ccccc1)=C1C(=O)NC(Cc2ccccc2)C1=O. The first kappa shape index (κ1) is 15.0. The molecule has 2 aromatic carbocycles. The summed E-state index contributed by atoms with van der Waals surface area (Å²) in [6.07, 6.45) is 0.507. The summed E-state index contributed by atoms with van der Waals surface area (Å²) in [6.45, 7) is 1.75. The van der Waals surface area contributed by atoms with E-state index in [9.17, 15) is 9.59 Å². The molecule has 1 aliphatic heterocycles. The number of rotatable bonds is 4. The van der Waals surface area contributed by atoms with Crippen LogP contribution in [0.25, 0.3) is 0 Å². The zero-order valence-corrected chi connectivity index (χ0v) is 12.9. The molecule has 116 valence electrons. The standard InChI is InChI=1S/C19H18N2O2/c1-13(20-15-10-6-3-7-11-15)17-18(22)16(21-19(17)23)12-14-8-4-2-5-9-14/h2-11,16,20H,12H2,1H3,(H,21,23). The van der Waals surface area contributed by atoms with E-state index < -0.39 is 6.04 Å². The van der Waals surface area contributed by atoms with Crippen LogP contribution in [0.3, 0.4) is 0 Å². The van der Waals surface area contributed by atoms with Gasteiger partial charge in [-0.2, -0.15) is 0 Å². The Bertz CT molecular complexity index is 751. The molecule has 2 aromatic rings. The number of anilines is 1. The summed E-state index contributed by atoms with van der Waals surface area (Å²) >= 11 is 0. The quantitative estimate of drug-likeness (QED) is 0.674. The molecular formula is C19H18N2O2. The van der Waals surface area contributed by atoms with Crippen LogP contribution in [0.4, 0.5) is 5.69 Å². The number of para-hydroxylation sites is 1. The first-order chi connectivity index (χ1) is 11.1. The van der Waals surface area contributed by atoms with E-state index in [4.69, 9.17) is 0 Å². The number of amides is 1. The molecule has 1 aliphatic rings. The van der Waals surface area contributed by atoms with E-state index in [0.29, 0.717) is 12.1 Å². The average Bonchev–Trinajstić information content (AvgIpc) is 2.83. The van der Waals surface area contributed by atoms with Crippen molar-refractivity contribution in [3.8, 4) is 0 Å². The van der Waals surface area contributed by atoms with Crippen LogP contribution in [0, 0.1) is 0 Å². The molecule has 1 fully saturated rings. The van der Waals surface area contributed by atoms with Crippen LogP contribution in [0.15, 0.2) is 71.9 Å². The molecule has 4 nitrogen and oxygen atoms in total. The molecule has 0 saturated carbocycles. The highest BCUT2D eigenvalue weighted by atomic mass is 16.2. The number of benzene rings is 2. The average molecular weight is 306 g/mol. The molecule has 4 heteroatoms. The van der Waals surface area contributed by atoms with Gasteiger partial charge in [0, 0.05) is 17.8 Å². The molecule has 0 bridgehead atoms. The molecule has 0 spiro atoms. The minimum Gasteiger partial charge on any atom is -0.358 e. The molecule has 1 atom stereocenters. The molecular weight excluding hydrogens is 288 g/mol. The molecule has 1 amide bonds. The second-order valence-electron chi connectivity index (χ2n) is 5.57. The Hall–Kier alpha value is -2.88. The van der Waals surface area contributed by atoms with Crippen LogP contribution in [-0.4, -0.2) is 17.7 Å². The lowest BCUT2D eigenvalue weighted by Crippen LogP contribution is -2.31. The van der Waals surface area contributed by atoms with Crippen molar-refractivity contribution in [1.82, 2.24) is 5.32 Å². The van der Waals surface area contributed by atoms with Crippen LogP contribution in [0.1, 0.15) is 12.5 Å². The first-order valence-electron chi connectivity index (χ1n) is 7.57. The Balaban J connectivity index is 1.79. The van der Waals surface area contributed by atoms with Crippen LogP contribution in [0.5, 0.6) is 0 Å². The van der Waals surface area contributed by atoms with Gasteiger partial charge in [-0.3, -0.25) is 9.59 Å². The van der Waals surface area contributed by atoms with Crippen molar-refractivity contribution in [2.24, 2.45) is 0 Å². The fourth-order valence-corrected chi connectivity index (χ4v) is 2.73. The van der Waals surface area contributed by atoms with Crippen LogP contribution >= 0.6 is 0 Å². The van der Waals surface area contributed by atoms with Crippen molar-refractivity contribution in [2.75, 3.05) is 5.32 Å². The number of allylic oxidation sites excluding steroid dienone is 1. The van der Waals surface area contributed by atoms with Crippen molar-refractivity contribution in [3.63, 3.8) is 0 Å². The van der Waals surface area contributed by atoms with Crippen molar-refractivity contribution in [2.45, 2.75) is 19.4 Å². The van der Waals surface area contributed by atoms with Gasteiger partial charge >= 0.3 is 0 Å². The predicted molar refractivity (Wildman–Crippen MR) is 89.8 cm³/mol. The molecule has 0 radical (unpaired) electrons. The van der Waals surface area contributed by atoms with Crippen LogP contribution in [0.2, 0.25) is 0 Å². The highest BCUT2D eigenvalue weighted by Crippen LogP contribution is 2.20. The van der Waals surface area contributed by atoms with Gasteiger partial charge in [-0.15, -0.1) is 0 Å². The number of carbonyl (C=O) groups is 2. The van der Waals surface area contributed by atoms with E-state index in [1.54, 1.807) is 6.92 Å². The Morgan fingerprint density at radius 3 is 2.26 bits per heavy atom. The van der Waals surface area contributed by atoms with Gasteiger partial charge in [0.05, 0.1) is 6.04 Å². The fraction of sp³-hybridized carbons (Fsp3) is 0.158. The molecule has 3 rings (SSSR count). The van der Waals surface area contributed by atoms with Gasteiger partial charge in [-0.25, -0.2) is 0 Å². The maximum atomic E-state index is 12.6. The maximum Gasteiger partial charge on any atom is 0.257 e. The topological polar surface area (TPSA) is 58.2 Å². The summed E-state index contributed by atoms with van der Waals surface area (Å²) in [5.74, 6) is -0.461. The lowest BCUT2D eigenvalue weighted by Gasteiger charge is -2.09. The number of carbonyl (C=O) groups excluding carboxylic acids is 2. The van der Waals surface area contributed by atoms with Crippen LogP contribution < -0.4 is 10.6 Å². The van der Waals surface area contributed by atoms with E-state index in [0.717, 1.165) is 11.3 Å². The monoisotopic (exact) mass is 306 g/mol. The predicted octanol–water partition coefficient (Wildman–Crippen LogP) is 2.68. The summed E-state index contributed by atoms with van der Waals surface area (Å²) in [4.78, 5) is 24.8. The minimum atomic E-state index is -0.493. The van der Waals surface area contributed by atoms with Crippen molar-refractivity contribution < 1.29 is 9.59 Å². The van der Waals surface area contributed by atoms with E-state index in [1.807, 2.05) is 60.7 Å². The number of Topliss-reactive ketones (excluding diaryl/α,β-unsaturated/α-hetero) is 1. The zero-order chi connectivity index (χ0) is 16.2. The van der Waals surface area contributed by atoms with Crippen LogP contribution in [-0.2, 0) is 16.0 Å².